The Morgan fingerprint density at radius 3 is 2.38 bits per heavy atom. The van der Waals surface area contributed by atoms with Gasteiger partial charge in [-0.05, 0) is 25.6 Å². The normalized spacial score (nSPS) is 15.2. The van der Waals surface area contributed by atoms with Crippen molar-refractivity contribution >= 4 is 23.4 Å². The topological polar surface area (TPSA) is 73.4 Å². The number of hydrogen-bond acceptors (Lipinski definition) is 5. The van der Waals surface area contributed by atoms with Crippen LogP contribution < -0.4 is 15.5 Å². The third-order valence-corrected chi connectivity index (χ3v) is 4.08. The molecular formula is C17H22N6O. The number of para-hydroxylation sites is 1. The van der Waals surface area contributed by atoms with Crippen LogP contribution in [0.15, 0.2) is 36.7 Å². The lowest BCUT2D eigenvalue weighted by Gasteiger charge is -2.32. The summed E-state index contributed by atoms with van der Waals surface area (Å²) in [6.45, 7) is 5.78. The van der Waals surface area contributed by atoms with Crippen molar-refractivity contribution in [3.63, 3.8) is 0 Å². The monoisotopic (exact) mass is 326 g/mol. The van der Waals surface area contributed by atoms with Crippen LogP contribution in [0, 0.1) is 6.92 Å². The minimum Gasteiger partial charge on any atom is -0.338 e. The first kappa shape index (κ1) is 16.2. The van der Waals surface area contributed by atoms with Crippen molar-refractivity contribution in [3.8, 4) is 0 Å². The Labute approximate surface area is 141 Å². The average molecular weight is 326 g/mol. The van der Waals surface area contributed by atoms with Crippen LogP contribution in [0.4, 0.5) is 22.1 Å². The summed E-state index contributed by atoms with van der Waals surface area (Å²) >= 11 is 0. The van der Waals surface area contributed by atoms with Gasteiger partial charge in [0.05, 0.1) is 18.1 Å². The van der Waals surface area contributed by atoms with Crippen LogP contribution in [-0.4, -0.2) is 54.1 Å². The van der Waals surface area contributed by atoms with Gasteiger partial charge >= 0.3 is 6.03 Å². The summed E-state index contributed by atoms with van der Waals surface area (Å²) in [7, 11) is 2.11. The van der Waals surface area contributed by atoms with Crippen LogP contribution in [0.1, 0.15) is 5.56 Å². The zero-order valence-corrected chi connectivity index (χ0v) is 14.0. The second-order valence-corrected chi connectivity index (χ2v) is 5.96. The number of piperazine rings is 1. The van der Waals surface area contributed by atoms with Gasteiger partial charge in [0, 0.05) is 31.9 Å². The maximum absolute atomic E-state index is 12.1. The van der Waals surface area contributed by atoms with Gasteiger partial charge in [0.2, 0.25) is 5.95 Å². The van der Waals surface area contributed by atoms with Crippen LogP contribution >= 0.6 is 0 Å². The van der Waals surface area contributed by atoms with Crippen molar-refractivity contribution in [2.75, 3.05) is 48.8 Å². The molecule has 2 N–H and O–H groups in total. The molecule has 0 atom stereocenters. The summed E-state index contributed by atoms with van der Waals surface area (Å²) in [4.78, 5) is 25.2. The molecule has 7 nitrogen and oxygen atoms in total. The van der Waals surface area contributed by atoms with E-state index in [0.717, 1.165) is 37.4 Å². The largest absolute Gasteiger partial charge is 0.338 e. The van der Waals surface area contributed by atoms with Gasteiger partial charge in [0.15, 0.2) is 0 Å². The molecule has 0 unspecified atom stereocenters. The zero-order valence-electron chi connectivity index (χ0n) is 14.0. The quantitative estimate of drug-likeness (QED) is 0.904. The molecule has 0 bridgehead atoms. The third-order valence-electron chi connectivity index (χ3n) is 4.08. The molecular weight excluding hydrogens is 304 g/mol. The average Bonchev–Trinajstić information content (AvgIpc) is 2.58. The number of benzene rings is 1. The van der Waals surface area contributed by atoms with E-state index >= 15 is 0 Å². The maximum Gasteiger partial charge on any atom is 0.323 e. The van der Waals surface area contributed by atoms with Crippen LogP contribution in [0.2, 0.25) is 0 Å². The Bertz CT molecular complexity index is 694. The van der Waals surface area contributed by atoms with Gasteiger partial charge in [-0.25, -0.2) is 14.8 Å². The molecule has 2 heterocycles. The van der Waals surface area contributed by atoms with E-state index in [4.69, 9.17) is 0 Å². The van der Waals surface area contributed by atoms with Crippen molar-refractivity contribution in [3.05, 3.63) is 42.2 Å². The Hall–Kier alpha value is -2.67. The zero-order chi connectivity index (χ0) is 16.9. The van der Waals surface area contributed by atoms with Crippen molar-refractivity contribution in [2.45, 2.75) is 6.92 Å². The van der Waals surface area contributed by atoms with E-state index in [1.807, 2.05) is 31.2 Å². The minimum absolute atomic E-state index is 0.305. The molecule has 1 fully saturated rings. The van der Waals surface area contributed by atoms with Crippen LogP contribution in [0.3, 0.4) is 0 Å². The molecule has 1 saturated heterocycles. The van der Waals surface area contributed by atoms with Gasteiger partial charge in [0.25, 0.3) is 0 Å². The summed E-state index contributed by atoms with van der Waals surface area (Å²) in [5, 5.41) is 5.57. The van der Waals surface area contributed by atoms with Gasteiger partial charge in [-0.3, -0.25) is 0 Å². The SMILES string of the molecule is Cc1ccccc1NC(=O)Nc1cnc(N2CCN(C)CC2)nc1. The Morgan fingerprint density at radius 2 is 1.71 bits per heavy atom. The predicted octanol–water partition coefficient (Wildman–Crippen LogP) is 2.18. The van der Waals surface area contributed by atoms with Crippen molar-refractivity contribution in [2.24, 2.45) is 0 Å². The smallest absolute Gasteiger partial charge is 0.323 e. The van der Waals surface area contributed by atoms with Gasteiger partial charge in [0.1, 0.15) is 0 Å². The van der Waals surface area contributed by atoms with E-state index in [1.54, 1.807) is 12.4 Å². The van der Waals surface area contributed by atoms with Gasteiger partial charge in [-0.2, -0.15) is 0 Å². The molecule has 1 aromatic heterocycles. The molecule has 1 aromatic carbocycles. The molecule has 1 aliphatic rings. The Balaban J connectivity index is 1.58. The highest BCUT2D eigenvalue weighted by atomic mass is 16.2. The standard InChI is InChI=1S/C17H22N6O/c1-13-5-3-4-6-15(13)21-17(24)20-14-11-18-16(19-12-14)23-9-7-22(2)8-10-23/h3-6,11-12H,7-10H2,1-2H3,(H2,20,21,24). The fourth-order valence-corrected chi connectivity index (χ4v) is 2.55. The van der Waals surface area contributed by atoms with Gasteiger partial charge < -0.3 is 20.4 Å². The number of aryl methyl sites for hydroxylation is 1. The lowest BCUT2D eigenvalue weighted by molar-refractivity contribution is 0.262. The Kier molecular flexibility index (Phi) is 4.90. The van der Waals surface area contributed by atoms with Gasteiger partial charge in [-0.1, -0.05) is 18.2 Å². The molecule has 1 aliphatic heterocycles. The molecule has 0 spiro atoms. The first-order valence-corrected chi connectivity index (χ1v) is 8.01. The molecule has 126 valence electrons. The molecule has 2 aromatic rings. The third kappa shape index (κ3) is 3.99. The molecule has 0 aliphatic carbocycles. The number of rotatable bonds is 3. The van der Waals surface area contributed by atoms with E-state index in [-0.39, 0.29) is 6.03 Å². The lowest BCUT2D eigenvalue weighted by Crippen LogP contribution is -2.45. The number of nitrogens with one attached hydrogen (secondary N) is 2. The van der Waals surface area contributed by atoms with Crippen molar-refractivity contribution < 1.29 is 4.79 Å². The molecule has 0 radical (unpaired) electrons. The maximum atomic E-state index is 12.1. The number of likely N-dealkylation sites (N-methyl/N-ethyl adjacent to an activating group) is 1. The lowest BCUT2D eigenvalue weighted by atomic mass is 10.2. The second kappa shape index (κ2) is 7.27. The van der Waals surface area contributed by atoms with Crippen LogP contribution in [-0.2, 0) is 0 Å². The van der Waals surface area contributed by atoms with Crippen LogP contribution in [0.5, 0.6) is 0 Å². The van der Waals surface area contributed by atoms with E-state index in [1.165, 1.54) is 0 Å². The highest BCUT2D eigenvalue weighted by molar-refractivity contribution is 6.00. The van der Waals surface area contributed by atoms with Crippen molar-refractivity contribution in [1.82, 2.24) is 14.9 Å². The second-order valence-electron chi connectivity index (χ2n) is 5.96. The number of hydrogen-bond donors (Lipinski definition) is 2. The van der Waals surface area contributed by atoms with E-state index < -0.39 is 0 Å². The first-order valence-electron chi connectivity index (χ1n) is 8.01. The predicted molar refractivity (Wildman–Crippen MR) is 95.6 cm³/mol. The number of amides is 2. The summed E-state index contributed by atoms with van der Waals surface area (Å²) < 4.78 is 0. The summed E-state index contributed by atoms with van der Waals surface area (Å²) in [5.41, 5.74) is 2.36. The highest BCUT2D eigenvalue weighted by Crippen LogP contribution is 2.15. The fraction of sp³-hybridized carbons (Fsp3) is 0.353. The number of nitrogens with zero attached hydrogens (tertiary/aromatic N) is 4. The molecule has 0 saturated carbocycles. The minimum atomic E-state index is -0.305. The number of carbonyl (C=O) groups excluding carboxylic acids is 1. The summed E-state index contributed by atoms with van der Waals surface area (Å²) in [5.74, 6) is 0.702. The number of urea groups is 1. The molecule has 2 amide bonds. The number of aromatic nitrogens is 2. The van der Waals surface area contributed by atoms with E-state index in [2.05, 4.69) is 37.4 Å². The Morgan fingerprint density at radius 1 is 1.04 bits per heavy atom. The van der Waals surface area contributed by atoms with Gasteiger partial charge in [-0.15, -0.1) is 0 Å². The number of anilines is 3. The summed E-state index contributed by atoms with van der Waals surface area (Å²) in [6.07, 6.45) is 3.27. The molecule has 7 heteroatoms. The first-order chi connectivity index (χ1) is 11.6. The summed E-state index contributed by atoms with van der Waals surface area (Å²) in [6, 6.07) is 7.32. The number of carbonyl (C=O) groups is 1. The van der Waals surface area contributed by atoms with Crippen LogP contribution in [0.25, 0.3) is 0 Å². The molecule has 3 rings (SSSR count). The highest BCUT2D eigenvalue weighted by Gasteiger charge is 2.16. The van der Waals surface area contributed by atoms with E-state index in [0.29, 0.717) is 11.6 Å². The van der Waals surface area contributed by atoms with E-state index in [9.17, 15) is 4.79 Å². The fourth-order valence-electron chi connectivity index (χ4n) is 2.55. The molecule has 24 heavy (non-hydrogen) atoms. The van der Waals surface area contributed by atoms with Crippen molar-refractivity contribution in [1.29, 1.82) is 0 Å².